The van der Waals surface area contributed by atoms with Crippen LogP contribution in [0, 0.1) is 6.92 Å². The van der Waals surface area contributed by atoms with E-state index in [1.54, 1.807) is 24.3 Å². The monoisotopic (exact) mass is 612 g/mol. The van der Waals surface area contributed by atoms with Gasteiger partial charge in [-0.05, 0) is 56.2 Å². The van der Waals surface area contributed by atoms with E-state index in [1.807, 2.05) is 28.9 Å². The van der Waals surface area contributed by atoms with Crippen LogP contribution in [0.4, 0.5) is 0 Å². The number of benzene rings is 3. The van der Waals surface area contributed by atoms with Crippen LogP contribution in [0.5, 0.6) is 0 Å². The molecule has 3 aromatic carbocycles. The number of carbonyl (C=O) groups excluding carboxylic acids is 2. The van der Waals surface area contributed by atoms with E-state index in [4.69, 9.17) is 16.6 Å². The summed E-state index contributed by atoms with van der Waals surface area (Å²) in [5.41, 5.74) is 5.73. The molecule has 220 valence electrons. The van der Waals surface area contributed by atoms with Gasteiger partial charge in [0.2, 0.25) is 11.1 Å². The molecule has 0 N–H and O–H groups in total. The zero-order valence-corrected chi connectivity index (χ0v) is 25.8. The minimum Gasteiger partial charge on any atom is -0.339 e. The van der Waals surface area contributed by atoms with Crippen LogP contribution < -0.4 is 0 Å². The normalized spacial score (nSPS) is 15.4. The molecule has 1 fully saturated rings. The summed E-state index contributed by atoms with van der Waals surface area (Å²) in [7, 11) is 0. The molecule has 5 aromatic rings. The zero-order valence-electron chi connectivity index (χ0n) is 24.2. The maximum atomic E-state index is 13.0. The first-order chi connectivity index (χ1) is 20.9. The van der Waals surface area contributed by atoms with Gasteiger partial charge in [-0.3, -0.25) is 9.59 Å². The number of fused-ring (bicyclic) bond motifs is 3. The van der Waals surface area contributed by atoms with Crippen molar-refractivity contribution in [3.05, 3.63) is 94.5 Å². The van der Waals surface area contributed by atoms with E-state index < -0.39 is 0 Å². The van der Waals surface area contributed by atoms with Crippen molar-refractivity contribution in [2.45, 2.75) is 44.4 Å². The van der Waals surface area contributed by atoms with E-state index in [1.165, 1.54) is 22.9 Å². The Hall–Kier alpha value is -3.95. The Balaban J connectivity index is 1.06. The molecule has 1 aliphatic heterocycles. The fraction of sp³-hybridized carbons (Fsp3) is 0.303. The summed E-state index contributed by atoms with van der Waals surface area (Å²) in [5.74, 6) is 0.789. The predicted molar refractivity (Wildman–Crippen MR) is 172 cm³/mol. The van der Waals surface area contributed by atoms with Crippen LogP contribution in [0.2, 0.25) is 5.02 Å². The molecule has 0 spiro atoms. The van der Waals surface area contributed by atoms with Gasteiger partial charge >= 0.3 is 0 Å². The summed E-state index contributed by atoms with van der Waals surface area (Å²) in [6.45, 7) is 6.36. The Kier molecular flexibility index (Phi) is 8.63. The SMILES string of the molecule is Cc1cccc(Cn2c3ccccc3c3nnc(SCCCC(=O)N4CCN(C(=O)c5ccc(Cl)cc5)C(C)C4)nc32)c1. The number of nitrogens with zero attached hydrogens (tertiary/aromatic N) is 6. The fourth-order valence-electron chi connectivity index (χ4n) is 5.69. The van der Waals surface area contributed by atoms with Gasteiger partial charge in [-0.15, -0.1) is 10.2 Å². The van der Waals surface area contributed by atoms with Crippen LogP contribution in [0.15, 0.2) is 78.0 Å². The van der Waals surface area contributed by atoms with Gasteiger partial charge in [0.15, 0.2) is 5.65 Å². The van der Waals surface area contributed by atoms with E-state index in [-0.39, 0.29) is 17.9 Å². The standard InChI is InChI=1S/C33H33ClN6O2S/c1-22-7-5-8-24(19-22)21-40-28-10-4-3-9-27(28)30-31(40)35-33(37-36-30)43-18-6-11-29(41)38-16-17-39(23(2)20-38)32(42)25-12-14-26(34)15-13-25/h3-5,7-10,12-15,19,23H,6,11,16-18,20-21H2,1-2H3. The van der Waals surface area contributed by atoms with E-state index in [0.29, 0.717) is 60.5 Å². The highest BCUT2D eigenvalue weighted by molar-refractivity contribution is 7.99. The van der Waals surface area contributed by atoms with Crippen molar-refractivity contribution in [1.29, 1.82) is 0 Å². The van der Waals surface area contributed by atoms with Crippen molar-refractivity contribution in [3.8, 4) is 0 Å². The highest BCUT2D eigenvalue weighted by atomic mass is 35.5. The largest absolute Gasteiger partial charge is 0.339 e. The summed E-state index contributed by atoms with van der Waals surface area (Å²) < 4.78 is 2.21. The molecule has 10 heteroatoms. The Morgan fingerprint density at radius 3 is 2.60 bits per heavy atom. The lowest BCUT2D eigenvalue weighted by molar-refractivity contribution is -0.133. The lowest BCUT2D eigenvalue weighted by Gasteiger charge is -2.40. The third-order valence-corrected chi connectivity index (χ3v) is 9.05. The number of piperazine rings is 1. The number of carbonyl (C=O) groups is 2. The number of amides is 2. The maximum absolute atomic E-state index is 13.0. The molecule has 1 unspecified atom stereocenters. The number of hydrogen-bond acceptors (Lipinski definition) is 6. The summed E-state index contributed by atoms with van der Waals surface area (Å²) >= 11 is 7.49. The highest BCUT2D eigenvalue weighted by Crippen LogP contribution is 2.28. The minimum absolute atomic E-state index is 0.0313. The molecule has 0 radical (unpaired) electrons. The first kappa shape index (κ1) is 29.1. The second-order valence-corrected chi connectivity index (χ2v) is 12.5. The van der Waals surface area contributed by atoms with Gasteiger partial charge in [0.25, 0.3) is 5.91 Å². The smallest absolute Gasteiger partial charge is 0.254 e. The average Bonchev–Trinajstić information content (AvgIpc) is 3.32. The van der Waals surface area contributed by atoms with E-state index in [0.717, 1.165) is 22.1 Å². The maximum Gasteiger partial charge on any atom is 0.254 e. The molecule has 1 atom stereocenters. The van der Waals surface area contributed by atoms with Gasteiger partial charge in [-0.1, -0.05) is 71.4 Å². The summed E-state index contributed by atoms with van der Waals surface area (Å²) in [6.07, 6.45) is 1.14. The van der Waals surface area contributed by atoms with E-state index >= 15 is 0 Å². The Morgan fingerprint density at radius 1 is 1.00 bits per heavy atom. The second kappa shape index (κ2) is 12.7. The van der Waals surface area contributed by atoms with Gasteiger partial charge in [-0.25, -0.2) is 4.98 Å². The van der Waals surface area contributed by atoms with Gasteiger partial charge in [-0.2, -0.15) is 0 Å². The molecule has 2 amide bonds. The van der Waals surface area contributed by atoms with E-state index in [9.17, 15) is 9.59 Å². The van der Waals surface area contributed by atoms with Crippen molar-refractivity contribution in [2.75, 3.05) is 25.4 Å². The lowest BCUT2D eigenvalue weighted by atomic mass is 10.1. The fourth-order valence-corrected chi connectivity index (χ4v) is 6.54. The Bertz CT molecular complexity index is 1790. The minimum atomic E-state index is -0.0620. The molecule has 1 aliphatic rings. The molecule has 0 saturated carbocycles. The van der Waals surface area contributed by atoms with Crippen molar-refractivity contribution in [2.24, 2.45) is 0 Å². The number of halogens is 1. The van der Waals surface area contributed by atoms with Crippen LogP contribution in [0.3, 0.4) is 0 Å². The quantitative estimate of drug-likeness (QED) is 0.152. The number of thioether (sulfide) groups is 1. The molecular weight excluding hydrogens is 580 g/mol. The summed E-state index contributed by atoms with van der Waals surface area (Å²) in [5, 5.41) is 11.2. The number of aryl methyl sites for hydroxylation is 1. The molecule has 1 saturated heterocycles. The number of rotatable bonds is 8. The first-order valence-corrected chi connectivity index (χ1v) is 15.9. The molecular formula is C33H33ClN6O2S. The van der Waals surface area contributed by atoms with Gasteiger partial charge < -0.3 is 14.4 Å². The Morgan fingerprint density at radius 2 is 1.81 bits per heavy atom. The van der Waals surface area contributed by atoms with E-state index in [2.05, 4.69) is 58.1 Å². The topological polar surface area (TPSA) is 84.2 Å². The summed E-state index contributed by atoms with van der Waals surface area (Å²) in [4.78, 5) is 34.6. The van der Waals surface area contributed by atoms with Gasteiger partial charge in [0.05, 0.1) is 5.52 Å². The predicted octanol–water partition coefficient (Wildman–Crippen LogP) is 6.24. The third kappa shape index (κ3) is 6.38. The lowest BCUT2D eigenvalue weighted by Crippen LogP contribution is -2.55. The van der Waals surface area contributed by atoms with Crippen molar-refractivity contribution in [3.63, 3.8) is 0 Å². The first-order valence-electron chi connectivity index (χ1n) is 14.5. The molecule has 0 aliphatic carbocycles. The number of aromatic nitrogens is 4. The van der Waals surface area contributed by atoms with Crippen LogP contribution in [-0.4, -0.2) is 72.8 Å². The molecule has 2 aromatic heterocycles. The number of para-hydroxylation sites is 1. The van der Waals surface area contributed by atoms with Crippen molar-refractivity contribution >= 4 is 57.2 Å². The summed E-state index contributed by atoms with van der Waals surface area (Å²) in [6, 6.07) is 23.6. The van der Waals surface area contributed by atoms with Crippen LogP contribution in [0.1, 0.15) is 41.3 Å². The molecule has 0 bridgehead atoms. The molecule has 8 nitrogen and oxygen atoms in total. The van der Waals surface area contributed by atoms with Crippen molar-refractivity contribution in [1.82, 2.24) is 29.5 Å². The molecule has 3 heterocycles. The van der Waals surface area contributed by atoms with Crippen LogP contribution in [-0.2, 0) is 11.3 Å². The van der Waals surface area contributed by atoms with Crippen LogP contribution in [0.25, 0.3) is 22.1 Å². The average molecular weight is 613 g/mol. The molecule has 6 rings (SSSR count). The Labute approximate surface area is 260 Å². The van der Waals surface area contributed by atoms with Crippen molar-refractivity contribution < 1.29 is 9.59 Å². The van der Waals surface area contributed by atoms with Gasteiger partial charge in [0.1, 0.15) is 5.52 Å². The van der Waals surface area contributed by atoms with Crippen LogP contribution >= 0.6 is 23.4 Å². The third-order valence-electron chi connectivity index (χ3n) is 7.88. The zero-order chi connectivity index (χ0) is 29.9. The second-order valence-electron chi connectivity index (χ2n) is 11.0. The molecule has 43 heavy (non-hydrogen) atoms. The highest BCUT2D eigenvalue weighted by Gasteiger charge is 2.30. The van der Waals surface area contributed by atoms with Gasteiger partial charge in [0, 0.05) is 60.4 Å². The number of hydrogen-bond donors (Lipinski definition) is 0.